The maximum atomic E-state index is 10.9. The molecule has 0 fully saturated rings. The average Bonchev–Trinajstić information content (AvgIpc) is 2.49. The van der Waals surface area contributed by atoms with Gasteiger partial charge in [0.2, 0.25) is 0 Å². The van der Waals surface area contributed by atoms with Gasteiger partial charge in [-0.2, -0.15) is 0 Å². The Balaban J connectivity index is 2.26. The Morgan fingerprint density at radius 3 is 2.29 bits per heavy atom. The number of carbonyl (C=O) groups is 1. The van der Waals surface area contributed by atoms with E-state index in [9.17, 15) is 4.79 Å². The molecule has 0 spiro atoms. The van der Waals surface area contributed by atoms with Crippen LogP contribution in [-0.4, -0.2) is 17.6 Å². The van der Waals surface area contributed by atoms with Crippen LogP contribution in [0.5, 0.6) is 0 Å². The van der Waals surface area contributed by atoms with Crippen LogP contribution in [0.4, 0.5) is 5.69 Å². The van der Waals surface area contributed by atoms with Crippen molar-refractivity contribution in [1.82, 2.24) is 0 Å². The Bertz CT molecular complexity index is 578. The molecule has 1 unspecified atom stereocenters. The molecular weight excluding hydrogens is 262 g/mol. The van der Waals surface area contributed by atoms with E-state index in [-0.39, 0.29) is 12.5 Å². The van der Waals surface area contributed by atoms with E-state index < -0.39 is 5.97 Å². The third kappa shape index (κ3) is 4.09. The summed E-state index contributed by atoms with van der Waals surface area (Å²) in [5.74, 6) is -0.771. The summed E-state index contributed by atoms with van der Waals surface area (Å²) in [5.41, 5.74) is 3.44. The number of aryl methyl sites for hydroxylation is 1. The molecule has 2 rings (SSSR count). The summed E-state index contributed by atoms with van der Waals surface area (Å²) in [6, 6.07) is 18.5. The molecule has 3 nitrogen and oxygen atoms in total. The largest absolute Gasteiger partial charge is 0.481 e. The van der Waals surface area contributed by atoms with E-state index in [1.54, 1.807) is 0 Å². The van der Waals surface area contributed by atoms with Gasteiger partial charge in [-0.3, -0.25) is 4.79 Å². The fourth-order valence-corrected chi connectivity index (χ4v) is 2.41. The Morgan fingerprint density at radius 1 is 1.10 bits per heavy atom. The zero-order valence-electron chi connectivity index (χ0n) is 12.5. The van der Waals surface area contributed by atoms with E-state index >= 15 is 0 Å². The lowest BCUT2D eigenvalue weighted by atomic mass is 10.1. The van der Waals surface area contributed by atoms with Gasteiger partial charge in [0.15, 0.2) is 0 Å². The van der Waals surface area contributed by atoms with Crippen LogP contribution >= 0.6 is 0 Å². The van der Waals surface area contributed by atoms with Crippen LogP contribution in [0.15, 0.2) is 54.6 Å². The van der Waals surface area contributed by atoms with E-state index in [0.29, 0.717) is 6.54 Å². The van der Waals surface area contributed by atoms with Crippen molar-refractivity contribution in [3.63, 3.8) is 0 Å². The van der Waals surface area contributed by atoms with E-state index in [2.05, 4.69) is 48.2 Å². The topological polar surface area (TPSA) is 40.5 Å². The number of nitrogens with zero attached hydrogens (tertiary/aromatic N) is 1. The van der Waals surface area contributed by atoms with Crippen LogP contribution < -0.4 is 4.90 Å². The number of benzene rings is 2. The first-order valence-corrected chi connectivity index (χ1v) is 7.18. The van der Waals surface area contributed by atoms with E-state index in [4.69, 9.17) is 5.11 Å². The Morgan fingerprint density at radius 2 is 1.71 bits per heavy atom. The van der Waals surface area contributed by atoms with Gasteiger partial charge in [0.05, 0.1) is 12.5 Å². The molecular formula is C18H21NO2. The average molecular weight is 283 g/mol. The standard InChI is InChI=1S/C18H21NO2/c1-14-8-10-17(11-9-14)19(13-12-18(20)21)15(2)16-6-4-3-5-7-16/h3-11,15H,12-13H2,1-2H3,(H,20,21). The van der Waals surface area contributed by atoms with Gasteiger partial charge in [0.25, 0.3) is 0 Å². The van der Waals surface area contributed by atoms with Gasteiger partial charge < -0.3 is 10.0 Å². The highest BCUT2D eigenvalue weighted by molar-refractivity contribution is 5.67. The van der Waals surface area contributed by atoms with Gasteiger partial charge in [0.1, 0.15) is 0 Å². The first kappa shape index (κ1) is 15.1. The predicted octanol–water partition coefficient (Wildman–Crippen LogP) is 4.04. The van der Waals surface area contributed by atoms with Crippen molar-refractivity contribution in [2.24, 2.45) is 0 Å². The van der Waals surface area contributed by atoms with Gasteiger partial charge in [0, 0.05) is 12.2 Å². The Kier molecular flexibility index (Phi) is 4.99. The van der Waals surface area contributed by atoms with Gasteiger partial charge >= 0.3 is 5.97 Å². The fraction of sp³-hybridized carbons (Fsp3) is 0.278. The van der Waals surface area contributed by atoms with Crippen LogP contribution in [0.2, 0.25) is 0 Å². The van der Waals surface area contributed by atoms with Crippen molar-refractivity contribution in [1.29, 1.82) is 0 Å². The second-order valence-corrected chi connectivity index (χ2v) is 5.26. The summed E-state index contributed by atoms with van der Waals surface area (Å²) in [6.45, 7) is 4.65. The molecule has 0 heterocycles. The molecule has 2 aromatic carbocycles. The number of rotatable bonds is 6. The molecule has 3 heteroatoms. The highest BCUT2D eigenvalue weighted by Gasteiger charge is 2.17. The molecule has 1 atom stereocenters. The van der Waals surface area contributed by atoms with Gasteiger partial charge in [-0.05, 0) is 31.5 Å². The lowest BCUT2D eigenvalue weighted by Crippen LogP contribution is -2.29. The number of anilines is 1. The molecule has 21 heavy (non-hydrogen) atoms. The minimum atomic E-state index is -0.771. The number of carboxylic acid groups (broad SMARTS) is 1. The number of aliphatic carboxylic acids is 1. The highest BCUT2D eigenvalue weighted by atomic mass is 16.4. The second-order valence-electron chi connectivity index (χ2n) is 5.26. The first-order chi connectivity index (χ1) is 10.1. The maximum absolute atomic E-state index is 10.9. The lowest BCUT2D eigenvalue weighted by molar-refractivity contribution is -0.136. The quantitative estimate of drug-likeness (QED) is 0.870. The molecule has 0 bridgehead atoms. The molecule has 0 aromatic heterocycles. The number of carboxylic acids is 1. The fourth-order valence-electron chi connectivity index (χ4n) is 2.41. The molecule has 0 amide bonds. The van der Waals surface area contributed by atoms with Crippen LogP contribution in [0.1, 0.15) is 30.5 Å². The summed E-state index contributed by atoms with van der Waals surface area (Å²) in [7, 11) is 0. The molecule has 0 saturated heterocycles. The first-order valence-electron chi connectivity index (χ1n) is 7.18. The molecule has 0 aliphatic carbocycles. The van der Waals surface area contributed by atoms with Crippen molar-refractivity contribution in [3.8, 4) is 0 Å². The smallest absolute Gasteiger partial charge is 0.305 e. The molecule has 0 saturated carbocycles. The predicted molar refractivity (Wildman–Crippen MR) is 85.6 cm³/mol. The van der Waals surface area contributed by atoms with Gasteiger partial charge in [-0.25, -0.2) is 0 Å². The number of hydrogen-bond acceptors (Lipinski definition) is 2. The third-order valence-electron chi connectivity index (χ3n) is 3.68. The van der Waals surface area contributed by atoms with Crippen molar-refractivity contribution < 1.29 is 9.90 Å². The second kappa shape index (κ2) is 6.93. The minimum absolute atomic E-state index is 0.130. The normalized spacial score (nSPS) is 11.9. The molecule has 2 aromatic rings. The molecule has 1 N–H and O–H groups in total. The van der Waals surface area contributed by atoms with Crippen LogP contribution in [0, 0.1) is 6.92 Å². The van der Waals surface area contributed by atoms with Gasteiger partial charge in [-0.1, -0.05) is 48.0 Å². The zero-order chi connectivity index (χ0) is 15.2. The maximum Gasteiger partial charge on any atom is 0.305 e. The SMILES string of the molecule is Cc1ccc(N(CCC(=O)O)C(C)c2ccccc2)cc1. The summed E-state index contributed by atoms with van der Waals surface area (Å²) in [5, 5.41) is 8.98. The Hall–Kier alpha value is -2.29. The van der Waals surface area contributed by atoms with E-state index in [1.807, 2.05) is 25.1 Å². The van der Waals surface area contributed by atoms with Crippen molar-refractivity contribution in [2.75, 3.05) is 11.4 Å². The summed E-state index contributed by atoms with van der Waals surface area (Å²) in [4.78, 5) is 13.1. The van der Waals surface area contributed by atoms with Crippen LogP contribution in [-0.2, 0) is 4.79 Å². The molecule has 110 valence electrons. The van der Waals surface area contributed by atoms with Crippen molar-refractivity contribution in [3.05, 3.63) is 65.7 Å². The van der Waals surface area contributed by atoms with Crippen molar-refractivity contribution in [2.45, 2.75) is 26.3 Å². The Labute approximate surface area is 125 Å². The van der Waals surface area contributed by atoms with E-state index in [0.717, 1.165) is 5.69 Å². The number of hydrogen-bond donors (Lipinski definition) is 1. The molecule has 0 aliphatic rings. The van der Waals surface area contributed by atoms with Crippen LogP contribution in [0.3, 0.4) is 0 Å². The minimum Gasteiger partial charge on any atom is -0.481 e. The zero-order valence-corrected chi connectivity index (χ0v) is 12.5. The summed E-state index contributed by atoms with van der Waals surface area (Å²) >= 11 is 0. The summed E-state index contributed by atoms with van der Waals surface area (Å²) < 4.78 is 0. The van der Waals surface area contributed by atoms with Crippen LogP contribution in [0.25, 0.3) is 0 Å². The monoisotopic (exact) mass is 283 g/mol. The lowest BCUT2D eigenvalue weighted by Gasteiger charge is -2.31. The van der Waals surface area contributed by atoms with Gasteiger partial charge in [-0.15, -0.1) is 0 Å². The summed E-state index contributed by atoms with van der Waals surface area (Å²) in [6.07, 6.45) is 0.130. The highest BCUT2D eigenvalue weighted by Crippen LogP contribution is 2.27. The van der Waals surface area contributed by atoms with Crippen molar-refractivity contribution >= 4 is 11.7 Å². The van der Waals surface area contributed by atoms with E-state index in [1.165, 1.54) is 11.1 Å². The molecule has 0 aliphatic heterocycles. The molecule has 0 radical (unpaired) electrons. The third-order valence-corrected chi connectivity index (χ3v) is 3.68.